The molecule has 0 unspecified atom stereocenters. The lowest BCUT2D eigenvalue weighted by Crippen LogP contribution is -2.04. The maximum Gasteiger partial charge on any atom is 0.416 e. The number of halogens is 3. The Hall–Kier alpha value is -2.44. The standard InChI is InChI=1S/C12H9F3N4/c13-12(14,15)10-4-2-9(3-5-10)8-18-19-11-16-6-1-7-17-11/h1-8H,(H,16,17,19)/b18-8+. The summed E-state index contributed by atoms with van der Waals surface area (Å²) in [5, 5.41) is 3.82. The van der Waals surface area contributed by atoms with Crippen LogP contribution in [0, 0.1) is 0 Å². The van der Waals surface area contributed by atoms with Crippen molar-refractivity contribution in [2.75, 3.05) is 5.43 Å². The van der Waals surface area contributed by atoms with E-state index < -0.39 is 11.7 Å². The van der Waals surface area contributed by atoms with E-state index in [0.29, 0.717) is 11.5 Å². The summed E-state index contributed by atoms with van der Waals surface area (Å²) in [5.41, 5.74) is 2.41. The van der Waals surface area contributed by atoms with Crippen LogP contribution < -0.4 is 5.43 Å². The predicted octanol–water partition coefficient (Wildman–Crippen LogP) is 2.94. The molecule has 1 heterocycles. The zero-order valence-corrected chi connectivity index (χ0v) is 9.59. The van der Waals surface area contributed by atoms with Gasteiger partial charge in [-0.05, 0) is 23.8 Å². The topological polar surface area (TPSA) is 50.2 Å². The van der Waals surface area contributed by atoms with Crippen molar-refractivity contribution in [3.63, 3.8) is 0 Å². The van der Waals surface area contributed by atoms with E-state index in [-0.39, 0.29) is 0 Å². The fourth-order valence-corrected chi connectivity index (χ4v) is 1.28. The molecule has 1 aromatic carbocycles. The van der Waals surface area contributed by atoms with Crippen LogP contribution in [0.2, 0.25) is 0 Å². The van der Waals surface area contributed by atoms with Crippen LogP contribution in [0.1, 0.15) is 11.1 Å². The van der Waals surface area contributed by atoms with Gasteiger partial charge in [0.2, 0.25) is 5.95 Å². The third-order valence-corrected chi connectivity index (χ3v) is 2.18. The van der Waals surface area contributed by atoms with Gasteiger partial charge in [-0.2, -0.15) is 18.3 Å². The lowest BCUT2D eigenvalue weighted by atomic mass is 10.1. The lowest BCUT2D eigenvalue weighted by Gasteiger charge is -2.05. The molecule has 2 rings (SSSR count). The number of anilines is 1. The van der Waals surface area contributed by atoms with Gasteiger partial charge in [0.15, 0.2) is 0 Å². The summed E-state index contributed by atoms with van der Waals surface area (Å²) in [4.78, 5) is 7.74. The molecule has 1 N–H and O–H groups in total. The number of benzene rings is 1. The highest BCUT2D eigenvalue weighted by Gasteiger charge is 2.29. The molecular formula is C12H9F3N4. The van der Waals surface area contributed by atoms with Gasteiger partial charge in [0.1, 0.15) is 0 Å². The summed E-state index contributed by atoms with van der Waals surface area (Å²) in [6, 6.07) is 6.32. The zero-order chi connectivity index (χ0) is 13.7. The van der Waals surface area contributed by atoms with E-state index in [0.717, 1.165) is 12.1 Å². The minimum absolute atomic E-state index is 0.311. The van der Waals surface area contributed by atoms with Crippen LogP contribution in [-0.4, -0.2) is 16.2 Å². The second-order valence-electron chi connectivity index (χ2n) is 3.56. The quantitative estimate of drug-likeness (QED) is 0.686. The van der Waals surface area contributed by atoms with Crippen LogP contribution in [0.4, 0.5) is 19.1 Å². The van der Waals surface area contributed by atoms with Gasteiger partial charge in [0.05, 0.1) is 11.8 Å². The highest BCUT2D eigenvalue weighted by molar-refractivity contribution is 5.80. The molecule has 2 aromatic rings. The molecule has 0 atom stereocenters. The number of alkyl halides is 3. The van der Waals surface area contributed by atoms with Gasteiger partial charge in [-0.25, -0.2) is 15.4 Å². The fourth-order valence-electron chi connectivity index (χ4n) is 1.28. The van der Waals surface area contributed by atoms with Crippen LogP contribution in [0.3, 0.4) is 0 Å². The van der Waals surface area contributed by atoms with E-state index in [4.69, 9.17) is 0 Å². The maximum absolute atomic E-state index is 12.3. The molecule has 4 nitrogen and oxygen atoms in total. The third kappa shape index (κ3) is 3.77. The van der Waals surface area contributed by atoms with Crippen LogP contribution in [0.15, 0.2) is 47.8 Å². The van der Waals surface area contributed by atoms with Crippen LogP contribution in [0.5, 0.6) is 0 Å². The van der Waals surface area contributed by atoms with Crippen molar-refractivity contribution in [2.24, 2.45) is 5.10 Å². The van der Waals surface area contributed by atoms with Crippen LogP contribution in [0.25, 0.3) is 0 Å². The van der Waals surface area contributed by atoms with Gasteiger partial charge in [0.25, 0.3) is 0 Å². The maximum atomic E-state index is 12.3. The van der Waals surface area contributed by atoms with Gasteiger partial charge < -0.3 is 0 Å². The Kier molecular flexibility index (Phi) is 3.74. The number of nitrogens with zero attached hydrogens (tertiary/aromatic N) is 3. The smallest absolute Gasteiger partial charge is 0.245 e. The average Bonchev–Trinajstić information content (AvgIpc) is 2.39. The lowest BCUT2D eigenvalue weighted by molar-refractivity contribution is -0.137. The molecule has 7 heteroatoms. The van der Waals surface area contributed by atoms with E-state index in [1.807, 2.05) is 0 Å². The molecule has 98 valence electrons. The first-order valence-electron chi connectivity index (χ1n) is 5.29. The Morgan fingerprint density at radius 1 is 1.05 bits per heavy atom. The van der Waals surface area contributed by atoms with Crippen LogP contribution in [-0.2, 0) is 6.18 Å². The molecule has 0 bridgehead atoms. The molecule has 0 aliphatic carbocycles. The number of hydrogen-bond acceptors (Lipinski definition) is 4. The number of nitrogens with one attached hydrogen (secondary N) is 1. The van der Waals surface area contributed by atoms with Crippen LogP contribution >= 0.6 is 0 Å². The van der Waals surface area contributed by atoms with E-state index in [1.165, 1.54) is 18.3 Å². The van der Waals surface area contributed by atoms with Gasteiger partial charge in [-0.3, -0.25) is 0 Å². The van der Waals surface area contributed by atoms with E-state index in [9.17, 15) is 13.2 Å². The van der Waals surface area contributed by atoms with Gasteiger partial charge >= 0.3 is 6.18 Å². The van der Waals surface area contributed by atoms with Gasteiger partial charge in [0, 0.05) is 12.4 Å². The Labute approximate surface area is 107 Å². The Balaban J connectivity index is 2.00. The zero-order valence-electron chi connectivity index (χ0n) is 9.59. The fraction of sp³-hybridized carbons (Fsp3) is 0.0833. The van der Waals surface area contributed by atoms with Crippen molar-refractivity contribution in [2.45, 2.75) is 6.18 Å². The van der Waals surface area contributed by atoms with Crippen molar-refractivity contribution in [3.05, 3.63) is 53.9 Å². The van der Waals surface area contributed by atoms with E-state index >= 15 is 0 Å². The Bertz CT molecular complexity index is 549. The number of rotatable bonds is 3. The second-order valence-corrected chi connectivity index (χ2v) is 3.56. The predicted molar refractivity (Wildman–Crippen MR) is 64.7 cm³/mol. The summed E-state index contributed by atoms with van der Waals surface area (Å²) < 4.78 is 37.0. The summed E-state index contributed by atoms with van der Waals surface area (Å²) in [5.74, 6) is 0.311. The number of hydrazone groups is 1. The monoisotopic (exact) mass is 266 g/mol. The third-order valence-electron chi connectivity index (χ3n) is 2.18. The number of hydrogen-bond donors (Lipinski definition) is 1. The van der Waals surface area contributed by atoms with Crippen molar-refractivity contribution >= 4 is 12.2 Å². The Morgan fingerprint density at radius 2 is 1.68 bits per heavy atom. The molecule has 0 spiro atoms. The molecule has 1 aromatic heterocycles. The van der Waals surface area contributed by atoms with Crippen molar-refractivity contribution in [3.8, 4) is 0 Å². The largest absolute Gasteiger partial charge is 0.416 e. The molecule has 0 fully saturated rings. The highest BCUT2D eigenvalue weighted by Crippen LogP contribution is 2.28. The first-order chi connectivity index (χ1) is 9.05. The first kappa shape index (κ1) is 13.0. The van der Waals surface area contributed by atoms with Crippen molar-refractivity contribution < 1.29 is 13.2 Å². The second kappa shape index (κ2) is 5.47. The van der Waals surface area contributed by atoms with E-state index in [1.54, 1.807) is 18.5 Å². The SMILES string of the molecule is FC(F)(F)c1ccc(/C=N/Nc2ncccn2)cc1. The van der Waals surface area contributed by atoms with Gasteiger partial charge in [-0.1, -0.05) is 12.1 Å². The summed E-state index contributed by atoms with van der Waals surface area (Å²) in [6.45, 7) is 0. The molecule has 0 radical (unpaired) electrons. The molecule has 0 amide bonds. The highest BCUT2D eigenvalue weighted by atomic mass is 19.4. The minimum Gasteiger partial charge on any atom is -0.245 e. The molecule has 0 saturated heterocycles. The summed E-state index contributed by atoms with van der Waals surface area (Å²) >= 11 is 0. The van der Waals surface area contributed by atoms with Crippen molar-refractivity contribution in [1.29, 1.82) is 0 Å². The molecule has 0 aliphatic heterocycles. The van der Waals surface area contributed by atoms with Gasteiger partial charge in [-0.15, -0.1) is 0 Å². The molecule has 19 heavy (non-hydrogen) atoms. The summed E-state index contributed by atoms with van der Waals surface area (Å²) in [6.07, 6.45) is 0.147. The van der Waals surface area contributed by atoms with E-state index in [2.05, 4.69) is 20.5 Å². The average molecular weight is 266 g/mol. The first-order valence-corrected chi connectivity index (χ1v) is 5.29. The van der Waals surface area contributed by atoms with Crippen molar-refractivity contribution in [1.82, 2.24) is 9.97 Å². The molecule has 0 saturated carbocycles. The normalized spacial score (nSPS) is 11.7. The molecular weight excluding hydrogens is 257 g/mol. The minimum atomic E-state index is -4.33. The Morgan fingerprint density at radius 3 is 2.26 bits per heavy atom. The number of aromatic nitrogens is 2. The molecule has 0 aliphatic rings. The summed E-state index contributed by atoms with van der Waals surface area (Å²) in [7, 11) is 0.